The highest BCUT2D eigenvalue weighted by atomic mass is 35.5. The number of hydrogen-bond donors (Lipinski definition) is 0. The number of benzene rings is 1. The summed E-state index contributed by atoms with van der Waals surface area (Å²) in [5.41, 5.74) is -0.549. The molecule has 0 radical (unpaired) electrons. The van der Waals surface area contributed by atoms with E-state index in [4.69, 9.17) is 25.4 Å². The summed E-state index contributed by atoms with van der Waals surface area (Å²) in [7, 11) is -3.76. The van der Waals surface area contributed by atoms with Crippen molar-refractivity contribution in [2.45, 2.75) is 84.7 Å². The van der Waals surface area contributed by atoms with E-state index in [1.54, 1.807) is 45.0 Å². The lowest BCUT2D eigenvalue weighted by Crippen LogP contribution is -2.36. The molecule has 40 heavy (non-hydrogen) atoms. The topological polar surface area (TPSA) is 121 Å². The number of carbonyl (C=O) groups is 1. The quantitative estimate of drug-likeness (QED) is 0.0687. The zero-order chi connectivity index (χ0) is 29.5. The smallest absolute Gasteiger partial charge is 0.382 e. The van der Waals surface area contributed by atoms with E-state index >= 15 is 0 Å². The van der Waals surface area contributed by atoms with Gasteiger partial charge < -0.3 is 19.4 Å². The molecular weight excluding hydrogens is 557 g/mol. The molecule has 0 saturated heterocycles. The molecule has 2 aromatic rings. The molecule has 0 spiro atoms. The van der Waals surface area contributed by atoms with Crippen molar-refractivity contribution in [3.05, 3.63) is 51.5 Å². The van der Waals surface area contributed by atoms with Gasteiger partial charge >= 0.3 is 13.4 Å². The monoisotopic (exact) mass is 597 g/mol. The van der Waals surface area contributed by atoms with Crippen LogP contribution in [-0.4, -0.2) is 41.2 Å². The third-order valence-electron chi connectivity index (χ3n) is 6.15. The Hall–Kier alpha value is -2.68. The molecule has 0 N–H and O–H groups in total. The van der Waals surface area contributed by atoms with E-state index in [1.165, 1.54) is 42.7 Å². The molecule has 1 amide bonds. The lowest BCUT2D eigenvalue weighted by Gasteiger charge is -2.25. The molecule has 1 heterocycles. The first-order chi connectivity index (χ1) is 19.1. The molecule has 0 aliphatic carbocycles. The number of amides is 1. The molecule has 0 bridgehead atoms. The van der Waals surface area contributed by atoms with E-state index in [0.29, 0.717) is 17.2 Å². The number of hydrogen-bond acceptors (Lipinski definition) is 8. The summed E-state index contributed by atoms with van der Waals surface area (Å²) in [4.78, 5) is 29.8. The summed E-state index contributed by atoms with van der Waals surface area (Å²) in [6, 6.07) is 9.00. The minimum atomic E-state index is -3.76. The van der Waals surface area contributed by atoms with Gasteiger partial charge in [0.1, 0.15) is 12.4 Å². The average molecular weight is 598 g/mol. The summed E-state index contributed by atoms with van der Waals surface area (Å²) >= 11 is 5.93. The third-order valence-corrected chi connectivity index (χ3v) is 8.62. The molecule has 0 saturated carbocycles. The molecule has 0 aliphatic heterocycles. The number of unbranched alkanes of at least 4 members (excludes halogenated alkanes) is 7. The number of nitro groups is 1. The molecule has 1 unspecified atom stereocenters. The van der Waals surface area contributed by atoms with Crippen LogP contribution in [0.3, 0.4) is 0 Å². The largest absolute Gasteiger partial charge is 0.488 e. The Bertz CT molecular complexity index is 1130. The molecule has 2 rings (SSSR count). The Morgan fingerprint density at radius 3 is 2.23 bits per heavy atom. The molecule has 10 nitrogen and oxygen atoms in total. The highest BCUT2D eigenvalue weighted by Crippen LogP contribution is 2.52. The fourth-order valence-electron chi connectivity index (χ4n) is 3.89. The van der Waals surface area contributed by atoms with Gasteiger partial charge in [0.05, 0.1) is 12.3 Å². The molecule has 12 heteroatoms. The predicted octanol–water partition coefficient (Wildman–Crippen LogP) is 8.21. The van der Waals surface area contributed by atoms with Crippen LogP contribution < -0.4 is 14.2 Å². The molecule has 1 atom stereocenters. The summed E-state index contributed by atoms with van der Waals surface area (Å²) in [5.74, 6) is -0.399. The standard InChI is InChI=1S/C28H41ClN3O7P/c1-5-7-8-9-10-11-12-13-20-31(28-25(37-6-2)18-19-26(30-28)32(34)35)27(33)21-38-40(36,22(3)4)39-24-16-14-23(29)15-17-24/h14-19,22H,5-13,20-21H2,1-4H3. The highest BCUT2D eigenvalue weighted by molar-refractivity contribution is 7.55. The lowest BCUT2D eigenvalue weighted by molar-refractivity contribution is -0.389. The number of rotatable bonds is 19. The van der Waals surface area contributed by atoms with Crippen LogP contribution >= 0.6 is 19.2 Å². The number of carbonyl (C=O) groups excluding carboxylic acids is 1. The van der Waals surface area contributed by atoms with Crippen molar-refractivity contribution in [3.8, 4) is 11.5 Å². The van der Waals surface area contributed by atoms with Crippen LogP contribution in [0.5, 0.6) is 11.5 Å². The maximum Gasteiger partial charge on any atom is 0.382 e. The van der Waals surface area contributed by atoms with Crippen molar-refractivity contribution in [3.63, 3.8) is 0 Å². The second-order valence-corrected chi connectivity index (χ2v) is 12.6. The van der Waals surface area contributed by atoms with Gasteiger partial charge in [-0.25, -0.2) is 4.57 Å². The van der Waals surface area contributed by atoms with Crippen LogP contribution in [0.15, 0.2) is 36.4 Å². The van der Waals surface area contributed by atoms with Crippen molar-refractivity contribution in [1.82, 2.24) is 4.98 Å². The van der Waals surface area contributed by atoms with Gasteiger partial charge in [-0.05, 0) is 53.6 Å². The summed E-state index contributed by atoms with van der Waals surface area (Å²) in [6.45, 7) is 7.25. The minimum absolute atomic E-state index is 0.0330. The van der Waals surface area contributed by atoms with Gasteiger partial charge in [-0.2, -0.15) is 0 Å². The van der Waals surface area contributed by atoms with E-state index in [9.17, 15) is 19.5 Å². The van der Waals surface area contributed by atoms with Crippen molar-refractivity contribution >= 4 is 36.7 Å². The summed E-state index contributed by atoms with van der Waals surface area (Å²) in [5, 5.41) is 12.0. The van der Waals surface area contributed by atoms with Crippen molar-refractivity contribution in [2.75, 3.05) is 24.7 Å². The van der Waals surface area contributed by atoms with Gasteiger partial charge in [-0.3, -0.25) is 14.2 Å². The van der Waals surface area contributed by atoms with Crippen LogP contribution in [0, 0.1) is 10.1 Å². The fourth-order valence-corrected chi connectivity index (χ4v) is 5.28. The maximum absolute atomic E-state index is 13.6. The van der Waals surface area contributed by atoms with Gasteiger partial charge in [-0.15, -0.1) is 0 Å². The van der Waals surface area contributed by atoms with Crippen LogP contribution in [0.4, 0.5) is 11.6 Å². The molecule has 0 fully saturated rings. The van der Waals surface area contributed by atoms with Gasteiger partial charge in [0.2, 0.25) is 0 Å². The van der Waals surface area contributed by atoms with E-state index in [-0.39, 0.29) is 24.7 Å². The van der Waals surface area contributed by atoms with Crippen molar-refractivity contribution in [1.29, 1.82) is 0 Å². The Balaban J connectivity index is 2.22. The number of anilines is 1. The number of pyridine rings is 1. The Morgan fingerprint density at radius 2 is 1.65 bits per heavy atom. The number of halogens is 1. The van der Waals surface area contributed by atoms with E-state index in [0.717, 1.165) is 19.3 Å². The summed E-state index contributed by atoms with van der Waals surface area (Å²) < 4.78 is 30.6. The van der Waals surface area contributed by atoms with Crippen LogP contribution in [0.25, 0.3) is 0 Å². The number of nitrogens with zero attached hydrogens (tertiary/aromatic N) is 3. The SMILES string of the molecule is CCCCCCCCCCN(C(=O)COP(=O)(Oc1ccc(Cl)cc1)C(C)C)c1nc([N+](=O)[O-])ccc1OCC. The summed E-state index contributed by atoms with van der Waals surface area (Å²) in [6.07, 6.45) is 8.44. The first kappa shape index (κ1) is 33.5. The second-order valence-electron chi connectivity index (χ2n) is 9.65. The molecule has 1 aromatic heterocycles. The fraction of sp³-hybridized carbons (Fsp3) is 0.571. The highest BCUT2D eigenvalue weighted by Gasteiger charge is 2.34. The zero-order valence-electron chi connectivity index (χ0n) is 23.8. The predicted molar refractivity (Wildman–Crippen MR) is 158 cm³/mol. The molecular formula is C28H41ClN3O7P. The van der Waals surface area contributed by atoms with Crippen molar-refractivity contribution < 1.29 is 28.1 Å². The van der Waals surface area contributed by atoms with Gasteiger partial charge in [0.25, 0.3) is 11.7 Å². The van der Waals surface area contributed by atoms with Gasteiger partial charge in [0, 0.05) is 17.6 Å². The average Bonchev–Trinajstić information content (AvgIpc) is 2.92. The van der Waals surface area contributed by atoms with E-state index in [2.05, 4.69) is 11.9 Å². The normalized spacial score (nSPS) is 12.7. The first-order valence-corrected chi connectivity index (χ1v) is 15.9. The van der Waals surface area contributed by atoms with E-state index in [1.807, 2.05) is 0 Å². The van der Waals surface area contributed by atoms with Crippen LogP contribution in [-0.2, 0) is 13.9 Å². The number of ether oxygens (including phenoxy) is 1. The lowest BCUT2D eigenvalue weighted by atomic mass is 10.1. The zero-order valence-corrected chi connectivity index (χ0v) is 25.5. The Kier molecular flexibility index (Phi) is 14.4. The van der Waals surface area contributed by atoms with Gasteiger partial charge in [-0.1, -0.05) is 77.3 Å². The molecule has 222 valence electrons. The first-order valence-electron chi connectivity index (χ1n) is 13.9. The van der Waals surface area contributed by atoms with Crippen molar-refractivity contribution in [2.24, 2.45) is 0 Å². The van der Waals surface area contributed by atoms with Crippen LogP contribution in [0.1, 0.15) is 79.1 Å². The second kappa shape index (κ2) is 17.2. The maximum atomic E-state index is 13.6. The third kappa shape index (κ3) is 10.7. The minimum Gasteiger partial charge on any atom is -0.488 e. The Labute approximate surface area is 242 Å². The van der Waals surface area contributed by atoms with Crippen LogP contribution in [0.2, 0.25) is 5.02 Å². The number of aromatic nitrogens is 1. The Morgan fingerprint density at radius 1 is 1.02 bits per heavy atom. The van der Waals surface area contributed by atoms with Gasteiger partial charge in [0.15, 0.2) is 5.75 Å². The molecule has 0 aliphatic rings. The molecule has 1 aromatic carbocycles. The van der Waals surface area contributed by atoms with E-state index < -0.39 is 36.5 Å².